The molecule has 0 aromatic rings. The van der Waals surface area contributed by atoms with Gasteiger partial charge in [0.05, 0.1) is 18.3 Å². The van der Waals surface area contributed by atoms with E-state index >= 15 is 0 Å². The second-order valence-electron chi connectivity index (χ2n) is 9.98. The highest BCUT2D eigenvalue weighted by atomic mass is 16.4. The molecule has 4 bridgehead atoms. The number of ketones is 2. The summed E-state index contributed by atoms with van der Waals surface area (Å²) in [5, 5.41) is 45.0. The first-order valence-electron chi connectivity index (χ1n) is 9.55. The standard InChI is InChI=1S/C20H26O6/c1-8-9-7-10(21)11-18-6-4-5-17(2,3)12(18)15(24)20(26,16(18)25)19(11,13(8)22)14(9)23/h9-12,14,16,21,23,25-26H,1,4-7H2,2-3H3/t9-,10-,11-,12+,14+,16+,18+,19-,20-/m0/s1. The lowest BCUT2D eigenvalue weighted by molar-refractivity contribution is -0.217. The molecule has 6 heteroatoms. The van der Waals surface area contributed by atoms with E-state index in [0.717, 1.165) is 12.8 Å². The van der Waals surface area contributed by atoms with Gasteiger partial charge in [0.2, 0.25) is 0 Å². The second kappa shape index (κ2) is 4.32. The first kappa shape index (κ1) is 17.0. The molecule has 2 spiro atoms. The Kier molecular flexibility index (Phi) is 2.83. The molecule has 0 aromatic carbocycles. The van der Waals surface area contributed by atoms with Crippen LogP contribution >= 0.6 is 0 Å². The van der Waals surface area contributed by atoms with Crippen molar-refractivity contribution in [2.75, 3.05) is 0 Å². The molecule has 6 nitrogen and oxygen atoms in total. The predicted molar refractivity (Wildman–Crippen MR) is 89.7 cm³/mol. The largest absolute Gasteiger partial charge is 0.393 e. The van der Waals surface area contributed by atoms with E-state index in [9.17, 15) is 30.0 Å². The van der Waals surface area contributed by atoms with Gasteiger partial charge in [0.15, 0.2) is 17.2 Å². The van der Waals surface area contributed by atoms with E-state index in [2.05, 4.69) is 6.58 Å². The molecule has 0 unspecified atom stereocenters. The van der Waals surface area contributed by atoms with E-state index in [4.69, 9.17) is 0 Å². The van der Waals surface area contributed by atoms with E-state index in [1.54, 1.807) is 0 Å². The fraction of sp³-hybridized carbons (Fsp3) is 0.800. The molecule has 5 aliphatic carbocycles. The van der Waals surface area contributed by atoms with Crippen LogP contribution in [-0.2, 0) is 9.59 Å². The molecule has 0 heterocycles. The third-order valence-corrected chi connectivity index (χ3v) is 8.84. The van der Waals surface area contributed by atoms with Gasteiger partial charge in [-0.15, -0.1) is 0 Å². The maximum atomic E-state index is 13.5. The number of fused-ring (bicyclic) bond motifs is 2. The van der Waals surface area contributed by atoms with Crippen molar-refractivity contribution in [3.63, 3.8) is 0 Å². The molecule has 142 valence electrons. The van der Waals surface area contributed by atoms with Gasteiger partial charge in [-0.3, -0.25) is 9.59 Å². The Labute approximate surface area is 151 Å². The lowest BCUT2D eigenvalue weighted by atomic mass is 9.44. The third kappa shape index (κ3) is 1.25. The Morgan fingerprint density at radius 3 is 2.42 bits per heavy atom. The van der Waals surface area contributed by atoms with Crippen LogP contribution in [0.4, 0.5) is 0 Å². The summed E-state index contributed by atoms with van der Waals surface area (Å²) in [6.07, 6.45) is -1.60. The highest BCUT2D eigenvalue weighted by Gasteiger charge is 2.93. The third-order valence-electron chi connectivity index (χ3n) is 8.84. The van der Waals surface area contributed by atoms with E-state index in [0.29, 0.717) is 6.42 Å². The highest BCUT2D eigenvalue weighted by Crippen LogP contribution is 2.80. The summed E-state index contributed by atoms with van der Waals surface area (Å²) in [5.74, 6) is -3.25. The number of rotatable bonds is 0. The summed E-state index contributed by atoms with van der Waals surface area (Å²) < 4.78 is 0. The van der Waals surface area contributed by atoms with Gasteiger partial charge in [0, 0.05) is 23.2 Å². The lowest BCUT2D eigenvalue weighted by Crippen LogP contribution is -2.70. The smallest absolute Gasteiger partial charge is 0.172 e. The van der Waals surface area contributed by atoms with Crippen LogP contribution in [0.3, 0.4) is 0 Å². The van der Waals surface area contributed by atoms with Crippen molar-refractivity contribution in [3.05, 3.63) is 12.2 Å². The molecule has 0 saturated heterocycles. The van der Waals surface area contributed by atoms with Crippen molar-refractivity contribution in [1.29, 1.82) is 0 Å². The molecular weight excluding hydrogens is 336 g/mol. The van der Waals surface area contributed by atoms with Crippen LogP contribution in [0, 0.1) is 34.0 Å². The van der Waals surface area contributed by atoms with Crippen molar-refractivity contribution >= 4 is 11.6 Å². The summed E-state index contributed by atoms with van der Waals surface area (Å²) in [5.41, 5.74) is -5.61. The van der Waals surface area contributed by atoms with Gasteiger partial charge >= 0.3 is 0 Å². The minimum absolute atomic E-state index is 0.156. The molecule has 5 saturated carbocycles. The number of aliphatic hydroxyl groups is 4. The van der Waals surface area contributed by atoms with E-state index < -0.39 is 69.5 Å². The molecule has 26 heavy (non-hydrogen) atoms. The van der Waals surface area contributed by atoms with Crippen LogP contribution in [0.2, 0.25) is 0 Å². The van der Waals surface area contributed by atoms with Crippen LogP contribution in [0.15, 0.2) is 12.2 Å². The Morgan fingerprint density at radius 2 is 1.77 bits per heavy atom. The molecule has 0 radical (unpaired) electrons. The van der Waals surface area contributed by atoms with Gasteiger partial charge in [0.25, 0.3) is 0 Å². The van der Waals surface area contributed by atoms with Crippen LogP contribution in [0.25, 0.3) is 0 Å². The Hall–Kier alpha value is -1.08. The van der Waals surface area contributed by atoms with Gasteiger partial charge < -0.3 is 20.4 Å². The van der Waals surface area contributed by atoms with E-state index in [1.807, 2.05) is 13.8 Å². The zero-order chi connectivity index (χ0) is 19.0. The number of hydrogen-bond acceptors (Lipinski definition) is 6. The fourth-order valence-corrected chi connectivity index (χ4v) is 8.23. The van der Waals surface area contributed by atoms with Crippen molar-refractivity contribution in [2.24, 2.45) is 34.0 Å². The van der Waals surface area contributed by atoms with Gasteiger partial charge in [-0.2, -0.15) is 0 Å². The van der Waals surface area contributed by atoms with Crippen molar-refractivity contribution in [2.45, 2.75) is 63.4 Å². The monoisotopic (exact) mass is 362 g/mol. The summed E-state index contributed by atoms with van der Waals surface area (Å²) in [4.78, 5) is 26.8. The predicted octanol–water partition coefficient (Wildman–Crippen LogP) is -0.0294. The zero-order valence-electron chi connectivity index (χ0n) is 15.1. The first-order valence-corrected chi connectivity index (χ1v) is 9.55. The number of carbonyl (C=O) groups is 2. The van der Waals surface area contributed by atoms with Gasteiger partial charge in [-0.1, -0.05) is 26.8 Å². The Bertz CT molecular complexity index is 772. The van der Waals surface area contributed by atoms with E-state index in [1.165, 1.54) is 0 Å². The SMILES string of the molecule is C=C1C(=O)[C@]23[C@H](O)[C@H]1C[C@H](O)[C@H]2[C@]12CCCC(C)(C)[C@H]1C(=O)[C@]3(O)[C@@H]2O. The number of hydrogen-bond donors (Lipinski definition) is 4. The minimum atomic E-state index is -2.36. The average molecular weight is 362 g/mol. The Balaban J connectivity index is 1.86. The average Bonchev–Trinajstić information content (AvgIpc) is 2.90. The second-order valence-corrected chi connectivity index (χ2v) is 9.98. The molecule has 0 aromatic heterocycles. The number of Topliss-reactive ketones (excluding diaryl/α,β-unsaturated/α-hetero) is 2. The highest BCUT2D eigenvalue weighted by molar-refractivity contribution is 6.12. The molecule has 0 amide bonds. The lowest BCUT2D eigenvalue weighted by Gasteiger charge is -2.59. The molecule has 5 fully saturated rings. The Morgan fingerprint density at radius 1 is 1.12 bits per heavy atom. The van der Waals surface area contributed by atoms with Gasteiger partial charge in [0.1, 0.15) is 5.41 Å². The maximum absolute atomic E-state index is 13.5. The number of aliphatic hydroxyl groups excluding tert-OH is 3. The summed E-state index contributed by atoms with van der Waals surface area (Å²) in [6.45, 7) is 7.68. The van der Waals surface area contributed by atoms with Crippen LogP contribution in [0.5, 0.6) is 0 Å². The zero-order valence-corrected chi connectivity index (χ0v) is 15.1. The summed E-state index contributed by atoms with van der Waals surface area (Å²) in [6, 6.07) is 0. The first-order chi connectivity index (χ1) is 12.0. The van der Waals surface area contributed by atoms with Crippen LogP contribution in [-0.4, -0.2) is 55.9 Å². The normalized spacial score (nSPS) is 59.5. The van der Waals surface area contributed by atoms with Gasteiger partial charge in [-0.05, 0) is 30.3 Å². The molecule has 9 atom stereocenters. The van der Waals surface area contributed by atoms with Crippen molar-refractivity contribution < 1.29 is 30.0 Å². The van der Waals surface area contributed by atoms with Crippen molar-refractivity contribution in [3.8, 4) is 0 Å². The van der Waals surface area contributed by atoms with E-state index in [-0.39, 0.29) is 12.0 Å². The van der Waals surface area contributed by atoms with Gasteiger partial charge in [-0.25, -0.2) is 0 Å². The maximum Gasteiger partial charge on any atom is 0.172 e. The van der Waals surface area contributed by atoms with Crippen LogP contribution in [0.1, 0.15) is 39.5 Å². The molecule has 5 rings (SSSR count). The number of carbonyl (C=O) groups excluding carboxylic acids is 2. The summed E-state index contributed by atoms with van der Waals surface area (Å²) in [7, 11) is 0. The summed E-state index contributed by atoms with van der Waals surface area (Å²) >= 11 is 0. The molecular formula is C20H26O6. The topological polar surface area (TPSA) is 115 Å². The molecule has 0 aliphatic heterocycles. The van der Waals surface area contributed by atoms with Crippen LogP contribution < -0.4 is 0 Å². The molecule has 4 N–H and O–H groups in total. The fourth-order valence-electron chi connectivity index (χ4n) is 8.23. The van der Waals surface area contributed by atoms with Crippen molar-refractivity contribution in [1.82, 2.24) is 0 Å². The molecule has 5 aliphatic rings. The quantitative estimate of drug-likeness (QED) is 0.450. The minimum Gasteiger partial charge on any atom is -0.393 e.